The zero-order chi connectivity index (χ0) is 24.0. The fourth-order valence-electron chi connectivity index (χ4n) is 3.61. The van der Waals surface area contributed by atoms with E-state index in [-0.39, 0.29) is 36.0 Å². The number of hydrogen-bond donors (Lipinski definition) is 5. The average Bonchev–Trinajstić information content (AvgIpc) is 3.28. The van der Waals surface area contributed by atoms with Crippen LogP contribution in [0.15, 0.2) is 10.9 Å². The summed E-state index contributed by atoms with van der Waals surface area (Å²) in [5.41, 5.74) is 6.75. The molecule has 13 heteroatoms. The van der Waals surface area contributed by atoms with E-state index >= 15 is 0 Å². The number of ether oxygens (including phenoxy) is 2. The molecule has 13 nitrogen and oxygen atoms in total. The van der Waals surface area contributed by atoms with Crippen molar-refractivity contribution in [3.05, 3.63) is 33.4 Å². The van der Waals surface area contributed by atoms with Crippen molar-refractivity contribution >= 4 is 29.6 Å². The number of nitrogens with one attached hydrogen (secondary N) is 4. The lowest BCUT2D eigenvalue weighted by atomic mass is 9.92. The number of aryl methyl sites for hydroxylation is 1. The molecule has 2 atom stereocenters. The lowest BCUT2D eigenvalue weighted by molar-refractivity contribution is -0.144. The summed E-state index contributed by atoms with van der Waals surface area (Å²) in [5.74, 6) is -0.957. The number of hydrogen-bond acceptors (Lipinski definition) is 10. The van der Waals surface area contributed by atoms with Crippen molar-refractivity contribution < 1.29 is 23.9 Å². The number of aromatic nitrogens is 4. The molecular weight excluding hydrogens is 434 g/mol. The summed E-state index contributed by atoms with van der Waals surface area (Å²) >= 11 is 0. The Morgan fingerprint density at radius 2 is 2.09 bits per heavy atom. The van der Waals surface area contributed by atoms with Crippen LogP contribution >= 0.6 is 0 Å². The van der Waals surface area contributed by atoms with Crippen LogP contribution in [0.1, 0.15) is 41.0 Å². The summed E-state index contributed by atoms with van der Waals surface area (Å²) in [6, 6.07) is 0.597. The first-order valence-electron chi connectivity index (χ1n) is 10.4. The monoisotopic (exact) mass is 461 g/mol. The molecule has 1 unspecified atom stereocenters. The minimum Gasteiger partial charge on any atom is -0.469 e. The highest BCUT2D eigenvalue weighted by molar-refractivity contribution is 5.95. The van der Waals surface area contributed by atoms with Gasteiger partial charge in [-0.2, -0.15) is 10.1 Å². The number of carbonyl (C=O) groups is 3. The van der Waals surface area contributed by atoms with Crippen molar-refractivity contribution in [2.75, 3.05) is 31.8 Å². The molecule has 0 aliphatic carbocycles. The molecule has 0 saturated heterocycles. The van der Waals surface area contributed by atoms with E-state index in [1.807, 2.05) is 0 Å². The minimum atomic E-state index is -1.00. The van der Waals surface area contributed by atoms with Gasteiger partial charge in [0.1, 0.15) is 17.6 Å². The van der Waals surface area contributed by atoms with Gasteiger partial charge in [0.15, 0.2) is 0 Å². The van der Waals surface area contributed by atoms with E-state index in [1.165, 1.54) is 14.2 Å². The SMILES string of the molecule is COC(=O)CC[C@@H](NC(=O)c1cc(CCC2CNc3nc(N)[nH]c(=O)c3C2)[nH]n1)C(=O)OC. The number of rotatable bonds is 9. The number of methoxy groups -OCH3 is 2. The van der Waals surface area contributed by atoms with Crippen LogP contribution in [0.5, 0.6) is 0 Å². The third kappa shape index (κ3) is 6.08. The van der Waals surface area contributed by atoms with Gasteiger partial charge in [0.25, 0.3) is 11.5 Å². The number of nitrogens with two attached hydrogens (primary N) is 1. The third-order valence-corrected chi connectivity index (χ3v) is 5.43. The third-order valence-electron chi connectivity index (χ3n) is 5.43. The maximum atomic E-state index is 12.5. The minimum absolute atomic E-state index is 0.0398. The molecule has 1 amide bonds. The Labute approximate surface area is 188 Å². The van der Waals surface area contributed by atoms with E-state index < -0.39 is 23.9 Å². The van der Waals surface area contributed by atoms with Crippen LogP contribution in [0, 0.1) is 5.92 Å². The van der Waals surface area contributed by atoms with E-state index in [2.05, 4.69) is 35.5 Å². The number of H-pyrrole nitrogens is 2. The Hall–Kier alpha value is -3.90. The lowest BCUT2D eigenvalue weighted by Gasteiger charge is -2.24. The van der Waals surface area contributed by atoms with Gasteiger partial charge in [-0.25, -0.2) is 4.79 Å². The van der Waals surface area contributed by atoms with Crippen molar-refractivity contribution in [3.63, 3.8) is 0 Å². The molecule has 0 fully saturated rings. The van der Waals surface area contributed by atoms with Crippen molar-refractivity contribution in [1.29, 1.82) is 0 Å². The Morgan fingerprint density at radius 1 is 1.30 bits per heavy atom. The van der Waals surface area contributed by atoms with Crippen LogP contribution in [0.3, 0.4) is 0 Å². The Morgan fingerprint density at radius 3 is 2.82 bits per heavy atom. The van der Waals surface area contributed by atoms with Crippen LogP contribution in [0.4, 0.5) is 11.8 Å². The maximum Gasteiger partial charge on any atom is 0.328 e. The molecule has 178 valence electrons. The molecule has 3 heterocycles. The van der Waals surface area contributed by atoms with Crippen LogP contribution in [0.25, 0.3) is 0 Å². The summed E-state index contributed by atoms with van der Waals surface area (Å²) in [5, 5.41) is 12.5. The molecule has 3 rings (SSSR count). The number of anilines is 2. The predicted octanol–water partition coefficient (Wildman–Crippen LogP) is -0.483. The van der Waals surface area contributed by atoms with Gasteiger partial charge in [0.05, 0.1) is 19.8 Å². The molecule has 1 aliphatic heterocycles. The highest BCUT2D eigenvalue weighted by Crippen LogP contribution is 2.23. The second-order valence-electron chi connectivity index (χ2n) is 7.71. The molecule has 0 bridgehead atoms. The van der Waals surface area contributed by atoms with Crippen molar-refractivity contribution in [1.82, 2.24) is 25.5 Å². The molecule has 1 aliphatic rings. The lowest BCUT2D eigenvalue weighted by Crippen LogP contribution is -2.42. The van der Waals surface area contributed by atoms with Crippen LogP contribution in [0.2, 0.25) is 0 Å². The number of fused-ring (bicyclic) bond motifs is 1. The molecule has 6 N–H and O–H groups in total. The van der Waals surface area contributed by atoms with Gasteiger partial charge in [0, 0.05) is 18.7 Å². The first-order valence-corrected chi connectivity index (χ1v) is 10.4. The van der Waals surface area contributed by atoms with Gasteiger partial charge in [-0.05, 0) is 37.7 Å². The molecule has 2 aromatic heterocycles. The maximum absolute atomic E-state index is 12.5. The smallest absolute Gasteiger partial charge is 0.328 e. The van der Waals surface area contributed by atoms with Crippen molar-refractivity contribution in [3.8, 4) is 0 Å². The highest BCUT2D eigenvalue weighted by atomic mass is 16.5. The van der Waals surface area contributed by atoms with Crippen LogP contribution in [-0.2, 0) is 31.9 Å². The number of nitrogen functional groups attached to an aromatic ring is 1. The topological polar surface area (TPSA) is 194 Å². The van der Waals surface area contributed by atoms with E-state index in [9.17, 15) is 19.2 Å². The van der Waals surface area contributed by atoms with E-state index in [1.54, 1.807) is 6.07 Å². The fraction of sp³-hybridized carbons (Fsp3) is 0.500. The average molecular weight is 461 g/mol. The first kappa shape index (κ1) is 23.8. The Bertz CT molecular complexity index is 1080. The number of carbonyl (C=O) groups excluding carboxylic acids is 3. The molecule has 0 radical (unpaired) electrons. The zero-order valence-electron chi connectivity index (χ0n) is 18.4. The molecular formula is C20H27N7O6. The summed E-state index contributed by atoms with van der Waals surface area (Å²) in [7, 11) is 2.44. The second-order valence-corrected chi connectivity index (χ2v) is 7.71. The molecule has 0 saturated carbocycles. The number of esters is 2. The first-order chi connectivity index (χ1) is 15.8. The molecule has 0 spiro atoms. The van der Waals surface area contributed by atoms with E-state index in [0.29, 0.717) is 30.8 Å². The largest absolute Gasteiger partial charge is 0.469 e. The van der Waals surface area contributed by atoms with Crippen molar-refractivity contribution in [2.45, 2.75) is 38.1 Å². The zero-order valence-corrected chi connectivity index (χ0v) is 18.4. The van der Waals surface area contributed by atoms with Gasteiger partial charge >= 0.3 is 11.9 Å². The van der Waals surface area contributed by atoms with Crippen LogP contribution in [-0.4, -0.2) is 64.8 Å². The van der Waals surface area contributed by atoms with E-state index in [4.69, 9.17) is 10.5 Å². The van der Waals surface area contributed by atoms with Crippen LogP contribution < -0.4 is 21.9 Å². The number of aromatic amines is 2. The predicted molar refractivity (Wildman–Crippen MR) is 116 cm³/mol. The summed E-state index contributed by atoms with van der Waals surface area (Å²) in [6.45, 7) is 0.644. The normalized spacial score (nSPS) is 15.6. The quantitative estimate of drug-likeness (QED) is 0.304. The molecule has 33 heavy (non-hydrogen) atoms. The van der Waals surface area contributed by atoms with Gasteiger partial charge in [-0.3, -0.25) is 24.5 Å². The van der Waals surface area contributed by atoms with Gasteiger partial charge in [-0.15, -0.1) is 0 Å². The summed E-state index contributed by atoms with van der Waals surface area (Å²) in [4.78, 5) is 54.5. The highest BCUT2D eigenvalue weighted by Gasteiger charge is 2.25. The van der Waals surface area contributed by atoms with Gasteiger partial charge < -0.3 is 25.8 Å². The van der Waals surface area contributed by atoms with Gasteiger partial charge in [-0.1, -0.05) is 0 Å². The Kier molecular flexibility index (Phi) is 7.64. The molecule has 2 aromatic rings. The molecule has 0 aromatic carbocycles. The number of amides is 1. The second kappa shape index (κ2) is 10.6. The number of nitrogens with zero attached hydrogens (tertiary/aromatic N) is 2. The van der Waals surface area contributed by atoms with E-state index in [0.717, 1.165) is 12.1 Å². The standard InChI is InChI=1S/C20H27N7O6/c1-32-15(28)6-5-13(19(31)33-2)23-18(30)14-8-11(26-27-14)4-3-10-7-12-16(22-9-10)24-20(21)25-17(12)29/h8,10,13H,3-7,9H2,1-2H3,(H,23,30)(H,26,27)(H4,21,22,24,25,29)/t10?,13-/m1/s1. The Balaban J connectivity index is 1.55. The fourth-order valence-corrected chi connectivity index (χ4v) is 3.61. The van der Waals surface area contributed by atoms with Gasteiger partial charge in [0.2, 0.25) is 5.95 Å². The van der Waals surface area contributed by atoms with Crippen molar-refractivity contribution in [2.24, 2.45) is 5.92 Å². The summed E-state index contributed by atoms with van der Waals surface area (Å²) < 4.78 is 9.25. The summed E-state index contributed by atoms with van der Waals surface area (Å²) in [6.07, 6.45) is 1.89.